The molecule has 1 amide bonds. The highest BCUT2D eigenvalue weighted by atomic mass is 16.2. The second-order valence-corrected chi connectivity index (χ2v) is 4.78. The fourth-order valence-electron chi connectivity index (χ4n) is 2.38. The van der Waals surface area contributed by atoms with Crippen LogP contribution in [0.1, 0.15) is 44.7 Å². The third kappa shape index (κ3) is 4.67. The standard InChI is InChI=1S/C16H26N2O/c1-4-13-18(16(19)11-12-17-3)15(5-2)14-9-7-6-8-10-14/h6-10,15,17H,4-5,11-13H2,1-3H3. The Morgan fingerprint density at radius 3 is 2.47 bits per heavy atom. The maximum Gasteiger partial charge on any atom is 0.224 e. The minimum atomic E-state index is 0.200. The van der Waals surface area contributed by atoms with E-state index in [1.54, 1.807) is 0 Å². The third-order valence-electron chi connectivity index (χ3n) is 3.32. The summed E-state index contributed by atoms with van der Waals surface area (Å²) in [4.78, 5) is 14.4. The van der Waals surface area contributed by atoms with E-state index in [4.69, 9.17) is 0 Å². The summed E-state index contributed by atoms with van der Waals surface area (Å²) in [7, 11) is 1.88. The summed E-state index contributed by atoms with van der Waals surface area (Å²) >= 11 is 0. The largest absolute Gasteiger partial charge is 0.336 e. The lowest BCUT2D eigenvalue weighted by molar-refractivity contribution is -0.133. The van der Waals surface area contributed by atoms with Crippen molar-refractivity contribution in [2.75, 3.05) is 20.1 Å². The number of hydrogen-bond donors (Lipinski definition) is 1. The highest BCUT2D eigenvalue weighted by Crippen LogP contribution is 2.24. The van der Waals surface area contributed by atoms with Crippen LogP contribution in [-0.2, 0) is 4.79 Å². The first kappa shape index (κ1) is 15.7. The number of carbonyl (C=O) groups is 1. The van der Waals surface area contributed by atoms with E-state index in [9.17, 15) is 4.79 Å². The van der Waals surface area contributed by atoms with E-state index in [1.165, 1.54) is 5.56 Å². The molecule has 0 saturated carbocycles. The van der Waals surface area contributed by atoms with Gasteiger partial charge in [-0.05, 0) is 25.5 Å². The molecule has 0 aromatic heterocycles. The van der Waals surface area contributed by atoms with Gasteiger partial charge in [0.15, 0.2) is 0 Å². The zero-order chi connectivity index (χ0) is 14.1. The summed E-state index contributed by atoms with van der Waals surface area (Å²) in [5.74, 6) is 0.243. The predicted octanol–water partition coefficient (Wildman–Crippen LogP) is 2.99. The SMILES string of the molecule is CCCN(C(=O)CCNC)C(CC)c1ccccc1. The van der Waals surface area contributed by atoms with Crippen molar-refractivity contribution < 1.29 is 4.79 Å². The van der Waals surface area contributed by atoms with Crippen LogP contribution in [0.25, 0.3) is 0 Å². The topological polar surface area (TPSA) is 32.3 Å². The average Bonchev–Trinajstić information content (AvgIpc) is 2.45. The van der Waals surface area contributed by atoms with Crippen LogP contribution in [0.2, 0.25) is 0 Å². The Labute approximate surface area is 117 Å². The zero-order valence-electron chi connectivity index (χ0n) is 12.4. The maximum atomic E-state index is 12.4. The van der Waals surface area contributed by atoms with Gasteiger partial charge in [-0.1, -0.05) is 44.2 Å². The second-order valence-electron chi connectivity index (χ2n) is 4.78. The van der Waals surface area contributed by atoms with Crippen LogP contribution < -0.4 is 5.32 Å². The van der Waals surface area contributed by atoms with Gasteiger partial charge in [-0.15, -0.1) is 0 Å². The van der Waals surface area contributed by atoms with Crippen molar-refractivity contribution in [1.29, 1.82) is 0 Å². The van der Waals surface area contributed by atoms with E-state index >= 15 is 0 Å². The molecule has 3 heteroatoms. The van der Waals surface area contributed by atoms with Gasteiger partial charge < -0.3 is 10.2 Å². The van der Waals surface area contributed by atoms with Gasteiger partial charge in [0.1, 0.15) is 0 Å². The smallest absolute Gasteiger partial charge is 0.224 e. The van der Waals surface area contributed by atoms with Gasteiger partial charge in [-0.25, -0.2) is 0 Å². The van der Waals surface area contributed by atoms with Crippen LogP contribution in [0.4, 0.5) is 0 Å². The lowest BCUT2D eigenvalue weighted by atomic mass is 10.0. The number of benzene rings is 1. The molecule has 0 saturated heterocycles. The third-order valence-corrected chi connectivity index (χ3v) is 3.32. The fraction of sp³-hybridized carbons (Fsp3) is 0.562. The Morgan fingerprint density at radius 1 is 1.26 bits per heavy atom. The first-order chi connectivity index (χ1) is 9.24. The van der Waals surface area contributed by atoms with Crippen molar-refractivity contribution >= 4 is 5.91 Å². The van der Waals surface area contributed by atoms with Gasteiger partial charge in [0, 0.05) is 19.5 Å². The van der Waals surface area contributed by atoms with E-state index in [0.29, 0.717) is 6.42 Å². The van der Waals surface area contributed by atoms with Crippen LogP contribution in [0.3, 0.4) is 0 Å². The van der Waals surface area contributed by atoms with E-state index < -0.39 is 0 Å². The number of carbonyl (C=O) groups excluding carboxylic acids is 1. The van der Waals surface area contributed by atoms with Gasteiger partial charge >= 0.3 is 0 Å². The molecule has 1 rings (SSSR count). The lowest BCUT2D eigenvalue weighted by Gasteiger charge is -2.31. The van der Waals surface area contributed by atoms with Gasteiger partial charge in [-0.3, -0.25) is 4.79 Å². The van der Waals surface area contributed by atoms with Crippen LogP contribution in [0.15, 0.2) is 30.3 Å². The average molecular weight is 262 g/mol. The van der Waals surface area contributed by atoms with Crippen LogP contribution in [-0.4, -0.2) is 30.9 Å². The predicted molar refractivity (Wildman–Crippen MR) is 80.0 cm³/mol. The number of rotatable bonds is 8. The van der Waals surface area contributed by atoms with Crippen molar-refractivity contribution in [3.05, 3.63) is 35.9 Å². The number of nitrogens with one attached hydrogen (secondary N) is 1. The molecule has 1 N–H and O–H groups in total. The Bertz CT molecular complexity index is 364. The summed E-state index contributed by atoms with van der Waals surface area (Å²) in [6.45, 7) is 5.84. The molecule has 1 aromatic carbocycles. The summed E-state index contributed by atoms with van der Waals surface area (Å²) in [5.41, 5.74) is 1.23. The molecule has 3 nitrogen and oxygen atoms in total. The van der Waals surface area contributed by atoms with Gasteiger partial charge in [0.05, 0.1) is 6.04 Å². The fourth-order valence-corrected chi connectivity index (χ4v) is 2.38. The molecule has 0 spiro atoms. The maximum absolute atomic E-state index is 12.4. The quantitative estimate of drug-likeness (QED) is 0.781. The highest BCUT2D eigenvalue weighted by Gasteiger charge is 2.22. The molecule has 1 unspecified atom stereocenters. The molecule has 0 bridgehead atoms. The Balaban J connectivity index is 2.85. The summed E-state index contributed by atoms with van der Waals surface area (Å²) in [5, 5.41) is 3.04. The van der Waals surface area contributed by atoms with Gasteiger partial charge in [-0.2, -0.15) is 0 Å². The molecule has 0 fully saturated rings. The molecule has 0 aliphatic carbocycles. The normalized spacial score (nSPS) is 12.2. The van der Waals surface area contributed by atoms with Crippen LogP contribution >= 0.6 is 0 Å². The molecule has 1 atom stereocenters. The second kappa shape index (κ2) is 8.70. The number of nitrogens with zero attached hydrogens (tertiary/aromatic N) is 1. The van der Waals surface area contributed by atoms with E-state index in [-0.39, 0.29) is 11.9 Å². The van der Waals surface area contributed by atoms with Crippen molar-refractivity contribution in [1.82, 2.24) is 10.2 Å². The Kier molecular flexibility index (Phi) is 7.19. The monoisotopic (exact) mass is 262 g/mol. The zero-order valence-corrected chi connectivity index (χ0v) is 12.4. The van der Waals surface area contributed by atoms with Gasteiger partial charge in [0.25, 0.3) is 0 Å². The van der Waals surface area contributed by atoms with E-state index in [1.807, 2.05) is 30.1 Å². The first-order valence-electron chi connectivity index (χ1n) is 7.23. The molecule has 0 aliphatic heterocycles. The highest BCUT2D eigenvalue weighted by molar-refractivity contribution is 5.77. The molecular formula is C16H26N2O. The van der Waals surface area contributed by atoms with Crippen LogP contribution in [0, 0.1) is 0 Å². The number of amides is 1. The van der Waals surface area contributed by atoms with E-state index in [2.05, 4.69) is 31.3 Å². The molecule has 19 heavy (non-hydrogen) atoms. The van der Waals surface area contributed by atoms with Crippen molar-refractivity contribution in [2.24, 2.45) is 0 Å². The summed E-state index contributed by atoms with van der Waals surface area (Å²) in [6, 6.07) is 10.5. The van der Waals surface area contributed by atoms with Crippen LogP contribution in [0.5, 0.6) is 0 Å². The van der Waals surface area contributed by atoms with Crippen molar-refractivity contribution in [2.45, 2.75) is 39.2 Å². The Hall–Kier alpha value is -1.35. The molecular weight excluding hydrogens is 236 g/mol. The molecule has 106 valence electrons. The minimum Gasteiger partial charge on any atom is -0.336 e. The Morgan fingerprint density at radius 2 is 1.95 bits per heavy atom. The minimum absolute atomic E-state index is 0.200. The van der Waals surface area contributed by atoms with Crippen molar-refractivity contribution in [3.63, 3.8) is 0 Å². The van der Waals surface area contributed by atoms with E-state index in [0.717, 1.165) is 25.9 Å². The first-order valence-corrected chi connectivity index (χ1v) is 7.23. The molecule has 0 radical (unpaired) electrons. The molecule has 0 aliphatic rings. The summed E-state index contributed by atoms with van der Waals surface area (Å²) < 4.78 is 0. The number of hydrogen-bond acceptors (Lipinski definition) is 2. The van der Waals surface area contributed by atoms with Gasteiger partial charge in [0.2, 0.25) is 5.91 Å². The molecule has 0 heterocycles. The van der Waals surface area contributed by atoms with Crippen molar-refractivity contribution in [3.8, 4) is 0 Å². The summed E-state index contributed by atoms with van der Waals surface area (Å²) in [6.07, 6.45) is 2.52. The lowest BCUT2D eigenvalue weighted by Crippen LogP contribution is -2.36. The molecule has 1 aromatic rings.